The SMILES string of the molecule is CCCCCCCC(=O)N1N=C2CCCC[C@H]2[C@@]1(O)C(F)(F)F. The van der Waals surface area contributed by atoms with Crippen molar-refractivity contribution < 1.29 is 23.1 Å². The van der Waals surface area contributed by atoms with E-state index in [9.17, 15) is 23.1 Å². The van der Waals surface area contributed by atoms with E-state index in [4.69, 9.17) is 0 Å². The van der Waals surface area contributed by atoms with Gasteiger partial charge in [-0.05, 0) is 25.7 Å². The molecule has 2 rings (SSSR count). The van der Waals surface area contributed by atoms with Crippen molar-refractivity contribution in [1.82, 2.24) is 5.01 Å². The summed E-state index contributed by atoms with van der Waals surface area (Å²) in [5, 5.41) is 14.6. The Morgan fingerprint density at radius 1 is 1.30 bits per heavy atom. The van der Waals surface area contributed by atoms with Crippen LogP contribution in [0.1, 0.15) is 71.1 Å². The number of amides is 1. The minimum Gasteiger partial charge on any atom is -0.362 e. The lowest BCUT2D eigenvalue weighted by Crippen LogP contribution is -2.61. The highest BCUT2D eigenvalue weighted by atomic mass is 19.4. The van der Waals surface area contributed by atoms with E-state index in [1.165, 1.54) is 0 Å². The summed E-state index contributed by atoms with van der Waals surface area (Å²) in [7, 11) is 0. The summed E-state index contributed by atoms with van der Waals surface area (Å²) in [5.74, 6) is -1.84. The molecular formula is C16H25F3N2O2. The van der Waals surface area contributed by atoms with Crippen LogP contribution in [-0.2, 0) is 4.79 Å². The molecule has 0 aromatic carbocycles. The van der Waals surface area contributed by atoms with Gasteiger partial charge in [-0.3, -0.25) is 4.79 Å². The Hall–Kier alpha value is -1.11. The molecule has 0 radical (unpaired) electrons. The number of hydrazone groups is 1. The lowest BCUT2D eigenvalue weighted by atomic mass is 9.80. The summed E-state index contributed by atoms with van der Waals surface area (Å²) in [4.78, 5) is 12.2. The van der Waals surface area contributed by atoms with E-state index in [0.717, 1.165) is 32.1 Å². The summed E-state index contributed by atoms with van der Waals surface area (Å²) in [6, 6.07) is 0. The number of carbonyl (C=O) groups is 1. The van der Waals surface area contributed by atoms with Gasteiger partial charge in [-0.15, -0.1) is 0 Å². The average molecular weight is 334 g/mol. The van der Waals surface area contributed by atoms with Gasteiger partial charge < -0.3 is 5.11 Å². The van der Waals surface area contributed by atoms with E-state index in [2.05, 4.69) is 12.0 Å². The van der Waals surface area contributed by atoms with Crippen LogP contribution < -0.4 is 0 Å². The number of carbonyl (C=O) groups excluding carboxylic acids is 1. The molecular weight excluding hydrogens is 309 g/mol. The van der Waals surface area contributed by atoms with Gasteiger partial charge in [0.25, 0.3) is 5.72 Å². The second kappa shape index (κ2) is 7.20. The third kappa shape index (κ3) is 3.54. The molecule has 2 atom stereocenters. The maximum absolute atomic E-state index is 13.5. The molecule has 0 aromatic heterocycles. The summed E-state index contributed by atoms with van der Waals surface area (Å²) < 4.78 is 40.5. The monoisotopic (exact) mass is 334 g/mol. The van der Waals surface area contributed by atoms with Gasteiger partial charge in [-0.2, -0.15) is 23.3 Å². The fourth-order valence-corrected chi connectivity index (χ4v) is 3.45. The van der Waals surface area contributed by atoms with Crippen LogP contribution in [0.3, 0.4) is 0 Å². The molecule has 23 heavy (non-hydrogen) atoms. The fraction of sp³-hybridized carbons (Fsp3) is 0.875. The molecule has 132 valence electrons. The van der Waals surface area contributed by atoms with Crippen LogP contribution in [0.2, 0.25) is 0 Å². The van der Waals surface area contributed by atoms with Crippen molar-refractivity contribution in [2.45, 2.75) is 83.0 Å². The summed E-state index contributed by atoms with van der Waals surface area (Å²) in [6.45, 7) is 2.07. The van der Waals surface area contributed by atoms with Gasteiger partial charge in [0.1, 0.15) is 0 Å². The zero-order chi connectivity index (χ0) is 17.1. The maximum atomic E-state index is 13.5. The number of hydrogen-bond acceptors (Lipinski definition) is 3. The number of alkyl halides is 3. The minimum atomic E-state index is -4.90. The third-order valence-corrected chi connectivity index (χ3v) is 4.76. The Labute approximate surface area is 134 Å². The Bertz CT molecular complexity index is 465. The summed E-state index contributed by atoms with van der Waals surface area (Å²) >= 11 is 0. The van der Waals surface area contributed by atoms with E-state index in [1.807, 2.05) is 0 Å². The van der Waals surface area contributed by atoms with Crippen molar-refractivity contribution in [3.05, 3.63) is 0 Å². The number of unbranched alkanes of at least 4 members (excludes halogenated alkanes) is 4. The van der Waals surface area contributed by atoms with E-state index in [0.29, 0.717) is 30.0 Å². The van der Waals surface area contributed by atoms with Crippen molar-refractivity contribution >= 4 is 11.6 Å². The minimum absolute atomic E-state index is 0.00833. The molecule has 0 saturated heterocycles. The Kier molecular flexibility index (Phi) is 5.70. The normalized spacial score (nSPS) is 27.8. The van der Waals surface area contributed by atoms with E-state index < -0.39 is 23.7 Å². The van der Waals surface area contributed by atoms with E-state index in [-0.39, 0.29) is 12.8 Å². The quantitative estimate of drug-likeness (QED) is 0.747. The highest BCUT2D eigenvalue weighted by Gasteiger charge is 2.68. The molecule has 7 heteroatoms. The zero-order valence-electron chi connectivity index (χ0n) is 13.5. The number of hydrogen-bond donors (Lipinski definition) is 1. The van der Waals surface area contributed by atoms with Crippen molar-refractivity contribution in [3.63, 3.8) is 0 Å². The van der Waals surface area contributed by atoms with Crippen LogP contribution in [-0.4, -0.2) is 33.6 Å². The lowest BCUT2D eigenvalue weighted by molar-refractivity contribution is -0.317. The highest BCUT2D eigenvalue weighted by Crippen LogP contribution is 2.48. The lowest BCUT2D eigenvalue weighted by Gasteiger charge is -2.38. The molecule has 1 aliphatic carbocycles. The molecule has 0 spiro atoms. The topological polar surface area (TPSA) is 52.9 Å². The van der Waals surface area contributed by atoms with Crippen molar-refractivity contribution in [2.24, 2.45) is 11.0 Å². The van der Waals surface area contributed by atoms with Crippen LogP contribution >= 0.6 is 0 Å². The van der Waals surface area contributed by atoms with Gasteiger partial charge in [0.05, 0.1) is 5.92 Å². The van der Waals surface area contributed by atoms with E-state index >= 15 is 0 Å². The maximum Gasteiger partial charge on any atom is 0.439 e. The van der Waals surface area contributed by atoms with Gasteiger partial charge >= 0.3 is 6.18 Å². The summed E-state index contributed by atoms with van der Waals surface area (Å²) in [5.41, 5.74) is -2.85. The van der Waals surface area contributed by atoms with Crippen molar-refractivity contribution in [2.75, 3.05) is 0 Å². The molecule has 1 fully saturated rings. The number of fused-ring (bicyclic) bond motifs is 1. The third-order valence-electron chi connectivity index (χ3n) is 4.76. The fourth-order valence-electron chi connectivity index (χ4n) is 3.45. The van der Waals surface area contributed by atoms with Crippen LogP contribution in [0.15, 0.2) is 5.10 Å². The van der Waals surface area contributed by atoms with E-state index in [1.54, 1.807) is 0 Å². The van der Waals surface area contributed by atoms with Crippen molar-refractivity contribution in [1.29, 1.82) is 0 Å². The zero-order valence-corrected chi connectivity index (χ0v) is 13.5. The largest absolute Gasteiger partial charge is 0.439 e. The molecule has 1 N–H and O–H groups in total. The first-order valence-electron chi connectivity index (χ1n) is 8.52. The smallest absolute Gasteiger partial charge is 0.362 e. The Balaban J connectivity index is 2.08. The van der Waals surface area contributed by atoms with Gasteiger partial charge in [0.2, 0.25) is 5.91 Å². The molecule has 0 bridgehead atoms. The first-order valence-corrected chi connectivity index (χ1v) is 8.52. The van der Waals surface area contributed by atoms with Crippen molar-refractivity contribution in [3.8, 4) is 0 Å². The number of rotatable bonds is 6. The first-order chi connectivity index (χ1) is 10.8. The first kappa shape index (κ1) is 18.2. The predicted molar refractivity (Wildman–Crippen MR) is 80.6 cm³/mol. The van der Waals surface area contributed by atoms with Gasteiger partial charge in [-0.1, -0.05) is 39.0 Å². The molecule has 1 heterocycles. The average Bonchev–Trinajstić information content (AvgIpc) is 2.82. The standard InChI is InChI=1S/C16H25F3N2O2/c1-2-3-4-5-6-11-14(22)21-15(23,16(17,18)19)12-9-7-8-10-13(12)20-21/h12,23H,2-11H2,1H3/t12-,15-/m1/s1. The number of nitrogens with zero attached hydrogens (tertiary/aromatic N) is 2. The van der Waals surface area contributed by atoms with Crippen LogP contribution in [0.25, 0.3) is 0 Å². The molecule has 1 amide bonds. The number of halogens is 3. The summed E-state index contributed by atoms with van der Waals surface area (Å²) in [6.07, 6.45) is 1.49. The Morgan fingerprint density at radius 2 is 2.00 bits per heavy atom. The van der Waals surface area contributed by atoms with Gasteiger partial charge in [-0.25, -0.2) is 0 Å². The Morgan fingerprint density at radius 3 is 2.65 bits per heavy atom. The number of aliphatic hydroxyl groups is 1. The molecule has 4 nitrogen and oxygen atoms in total. The second-order valence-corrected chi connectivity index (χ2v) is 6.48. The predicted octanol–water partition coefficient (Wildman–Crippen LogP) is 3.99. The molecule has 1 saturated carbocycles. The van der Waals surface area contributed by atoms with Gasteiger partial charge in [0, 0.05) is 12.1 Å². The van der Waals surface area contributed by atoms with Crippen LogP contribution in [0, 0.1) is 5.92 Å². The molecule has 1 aliphatic heterocycles. The van der Waals surface area contributed by atoms with Crippen LogP contribution in [0.4, 0.5) is 13.2 Å². The second-order valence-electron chi connectivity index (χ2n) is 6.48. The molecule has 0 unspecified atom stereocenters. The molecule has 0 aromatic rings. The highest BCUT2D eigenvalue weighted by molar-refractivity contribution is 5.93. The molecule has 2 aliphatic rings. The van der Waals surface area contributed by atoms with Gasteiger partial charge in [0.15, 0.2) is 0 Å². The van der Waals surface area contributed by atoms with Crippen LogP contribution in [0.5, 0.6) is 0 Å².